The molecule has 2 rings (SSSR count). The molecule has 126 valence electrons. The monoisotopic (exact) mass is 325 g/mol. The molecule has 0 fully saturated rings. The number of rotatable bonds is 6. The molecule has 0 atom stereocenters. The maximum atomic E-state index is 12.3. The van der Waals surface area contributed by atoms with Gasteiger partial charge in [0.15, 0.2) is 0 Å². The van der Waals surface area contributed by atoms with Gasteiger partial charge in [-0.2, -0.15) is 0 Å². The number of benzene rings is 1. The topological polar surface area (TPSA) is 54.8 Å². The van der Waals surface area contributed by atoms with Crippen molar-refractivity contribution in [2.75, 3.05) is 13.6 Å². The quantitative estimate of drug-likeness (QED) is 0.462. The van der Waals surface area contributed by atoms with Crippen LogP contribution < -0.4 is 0 Å². The Bertz CT molecular complexity index is 727. The third kappa shape index (κ3) is 4.65. The molecule has 0 spiro atoms. The highest BCUT2D eigenvalue weighted by Gasteiger charge is 2.13. The summed E-state index contributed by atoms with van der Waals surface area (Å²) in [6.45, 7) is 7.00. The van der Waals surface area contributed by atoms with Crippen LogP contribution in [0.4, 0.5) is 5.69 Å². The third-order valence-corrected chi connectivity index (χ3v) is 3.75. The zero-order valence-electron chi connectivity index (χ0n) is 14.6. The van der Waals surface area contributed by atoms with Crippen LogP contribution >= 0.6 is 0 Å². The molecule has 24 heavy (non-hydrogen) atoms. The molecule has 0 amide bonds. The summed E-state index contributed by atoms with van der Waals surface area (Å²) in [5.41, 5.74) is 4.08. The van der Waals surface area contributed by atoms with Crippen LogP contribution in [0.1, 0.15) is 34.0 Å². The van der Waals surface area contributed by atoms with Gasteiger partial charge in [-0.25, -0.2) is 9.79 Å². The SMILES string of the molecule is CCN(C)/C=N/c1cc(C)c(C(=O)OCc2cccnc2)cc1C. The van der Waals surface area contributed by atoms with Gasteiger partial charge in [0.1, 0.15) is 6.61 Å². The number of aliphatic imine (C=N–C) groups is 1. The summed E-state index contributed by atoms with van der Waals surface area (Å²) in [5, 5.41) is 0. The van der Waals surface area contributed by atoms with Gasteiger partial charge >= 0.3 is 5.97 Å². The van der Waals surface area contributed by atoms with Crippen LogP contribution in [-0.2, 0) is 11.3 Å². The summed E-state index contributed by atoms with van der Waals surface area (Å²) < 4.78 is 5.38. The van der Waals surface area contributed by atoms with Gasteiger partial charge in [0.05, 0.1) is 17.6 Å². The van der Waals surface area contributed by atoms with Crippen LogP contribution in [0.15, 0.2) is 41.7 Å². The van der Waals surface area contributed by atoms with E-state index in [0.717, 1.165) is 28.9 Å². The van der Waals surface area contributed by atoms with Crippen LogP contribution in [-0.4, -0.2) is 35.8 Å². The third-order valence-electron chi connectivity index (χ3n) is 3.75. The van der Waals surface area contributed by atoms with Crippen molar-refractivity contribution in [2.24, 2.45) is 4.99 Å². The number of ether oxygens (including phenoxy) is 1. The number of pyridine rings is 1. The molecular weight excluding hydrogens is 302 g/mol. The highest BCUT2D eigenvalue weighted by atomic mass is 16.5. The molecule has 0 aliphatic carbocycles. The van der Waals surface area contributed by atoms with Gasteiger partial charge < -0.3 is 9.64 Å². The van der Waals surface area contributed by atoms with Crippen LogP contribution in [0.2, 0.25) is 0 Å². The van der Waals surface area contributed by atoms with Crippen molar-refractivity contribution >= 4 is 18.0 Å². The lowest BCUT2D eigenvalue weighted by Gasteiger charge is -2.11. The Morgan fingerprint density at radius 1 is 1.33 bits per heavy atom. The van der Waals surface area contributed by atoms with Crippen molar-refractivity contribution in [2.45, 2.75) is 27.4 Å². The average Bonchev–Trinajstić information content (AvgIpc) is 2.60. The number of carbonyl (C=O) groups is 1. The van der Waals surface area contributed by atoms with E-state index in [0.29, 0.717) is 5.56 Å². The number of aromatic nitrogens is 1. The minimum absolute atomic E-state index is 0.215. The second-order valence-corrected chi connectivity index (χ2v) is 5.71. The number of hydrogen-bond donors (Lipinski definition) is 0. The van der Waals surface area contributed by atoms with Crippen molar-refractivity contribution in [3.8, 4) is 0 Å². The lowest BCUT2D eigenvalue weighted by Crippen LogP contribution is -2.14. The van der Waals surface area contributed by atoms with E-state index < -0.39 is 0 Å². The van der Waals surface area contributed by atoms with Crippen molar-refractivity contribution < 1.29 is 9.53 Å². The molecule has 1 aromatic heterocycles. The molecule has 0 aliphatic heterocycles. The summed E-state index contributed by atoms with van der Waals surface area (Å²) in [6.07, 6.45) is 5.17. The standard InChI is InChI=1S/C19H23N3O2/c1-5-22(4)13-21-18-10-14(2)17(9-15(18)3)19(23)24-12-16-7-6-8-20-11-16/h6-11,13H,5,12H2,1-4H3/b21-13+. The van der Waals surface area contributed by atoms with E-state index in [1.54, 1.807) is 18.7 Å². The first-order valence-electron chi connectivity index (χ1n) is 7.93. The zero-order valence-corrected chi connectivity index (χ0v) is 14.6. The van der Waals surface area contributed by atoms with Crippen molar-refractivity contribution in [3.63, 3.8) is 0 Å². The van der Waals surface area contributed by atoms with Gasteiger partial charge in [-0.05, 0) is 50.1 Å². The summed E-state index contributed by atoms with van der Waals surface area (Å²) in [4.78, 5) is 22.8. The maximum absolute atomic E-state index is 12.3. The average molecular weight is 325 g/mol. The van der Waals surface area contributed by atoms with Gasteiger partial charge in [-0.3, -0.25) is 4.98 Å². The molecule has 0 N–H and O–H groups in total. The molecule has 5 nitrogen and oxygen atoms in total. The largest absolute Gasteiger partial charge is 0.457 e. The molecule has 0 aliphatic rings. The van der Waals surface area contributed by atoms with Crippen molar-refractivity contribution in [3.05, 3.63) is 58.9 Å². The number of carbonyl (C=O) groups excluding carboxylic acids is 1. The number of hydrogen-bond acceptors (Lipinski definition) is 4. The van der Waals surface area contributed by atoms with E-state index in [-0.39, 0.29) is 12.6 Å². The van der Waals surface area contributed by atoms with Crippen molar-refractivity contribution in [1.82, 2.24) is 9.88 Å². The molecule has 0 bridgehead atoms. The van der Waals surface area contributed by atoms with E-state index in [9.17, 15) is 4.79 Å². The predicted octanol–water partition coefficient (Wildman–Crippen LogP) is 3.67. The fourth-order valence-corrected chi connectivity index (χ4v) is 2.11. The normalized spacial score (nSPS) is 10.8. The Hall–Kier alpha value is -2.69. The van der Waals surface area contributed by atoms with Gasteiger partial charge in [-0.15, -0.1) is 0 Å². The first kappa shape index (κ1) is 17.7. The van der Waals surface area contributed by atoms with E-state index >= 15 is 0 Å². The van der Waals surface area contributed by atoms with Crippen molar-refractivity contribution in [1.29, 1.82) is 0 Å². The number of aryl methyl sites for hydroxylation is 2. The summed E-state index contributed by atoms with van der Waals surface area (Å²) in [7, 11) is 1.97. The second kappa shape index (κ2) is 8.24. The minimum Gasteiger partial charge on any atom is -0.457 e. The minimum atomic E-state index is -0.333. The highest BCUT2D eigenvalue weighted by molar-refractivity contribution is 5.92. The fourth-order valence-electron chi connectivity index (χ4n) is 2.11. The van der Waals surface area contributed by atoms with Gasteiger partial charge in [-0.1, -0.05) is 6.07 Å². The van der Waals surface area contributed by atoms with Gasteiger partial charge in [0, 0.05) is 31.5 Å². The first-order chi connectivity index (χ1) is 11.5. The molecule has 5 heteroatoms. The summed E-state index contributed by atoms with van der Waals surface area (Å²) in [5.74, 6) is -0.333. The molecule has 0 saturated carbocycles. The van der Waals surface area contributed by atoms with Gasteiger partial charge in [0.2, 0.25) is 0 Å². The number of nitrogens with zero attached hydrogens (tertiary/aromatic N) is 3. The smallest absolute Gasteiger partial charge is 0.338 e. The van der Waals surface area contributed by atoms with E-state index in [1.165, 1.54) is 0 Å². The summed E-state index contributed by atoms with van der Waals surface area (Å²) >= 11 is 0. The summed E-state index contributed by atoms with van der Waals surface area (Å²) in [6, 6.07) is 7.44. The lowest BCUT2D eigenvalue weighted by atomic mass is 10.0. The lowest BCUT2D eigenvalue weighted by molar-refractivity contribution is 0.0471. The zero-order chi connectivity index (χ0) is 17.5. The Balaban J connectivity index is 2.11. The molecule has 0 saturated heterocycles. The molecule has 0 unspecified atom stereocenters. The van der Waals surface area contributed by atoms with Crippen LogP contribution in [0, 0.1) is 13.8 Å². The Morgan fingerprint density at radius 2 is 2.12 bits per heavy atom. The van der Waals surface area contributed by atoms with E-state index in [1.807, 2.05) is 50.1 Å². The Morgan fingerprint density at radius 3 is 2.79 bits per heavy atom. The maximum Gasteiger partial charge on any atom is 0.338 e. The Labute approximate surface area is 143 Å². The second-order valence-electron chi connectivity index (χ2n) is 5.71. The molecule has 1 heterocycles. The van der Waals surface area contributed by atoms with E-state index in [4.69, 9.17) is 4.74 Å². The van der Waals surface area contributed by atoms with Crippen LogP contribution in [0.5, 0.6) is 0 Å². The predicted molar refractivity (Wildman–Crippen MR) is 95.7 cm³/mol. The Kier molecular flexibility index (Phi) is 6.07. The molecular formula is C19H23N3O2. The molecule has 0 radical (unpaired) electrons. The fraction of sp³-hybridized carbons (Fsp3) is 0.316. The molecule has 2 aromatic rings. The number of esters is 1. The van der Waals surface area contributed by atoms with Gasteiger partial charge in [0.25, 0.3) is 0 Å². The van der Waals surface area contributed by atoms with Crippen LogP contribution in [0.3, 0.4) is 0 Å². The van der Waals surface area contributed by atoms with E-state index in [2.05, 4.69) is 16.9 Å². The highest BCUT2D eigenvalue weighted by Crippen LogP contribution is 2.24. The first-order valence-corrected chi connectivity index (χ1v) is 7.93. The van der Waals surface area contributed by atoms with Crippen LogP contribution in [0.25, 0.3) is 0 Å². The molecule has 1 aromatic carbocycles.